The van der Waals surface area contributed by atoms with Crippen LogP contribution in [0.2, 0.25) is 0 Å². The summed E-state index contributed by atoms with van der Waals surface area (Å²) >= 11 is 0. The van der Waals surface area contributed by atoms with Gasteiger partial charge in [-0.05, 0) is 50.5 Å². The molecule has 0 unspecified atom stereocenters. The lowest BCUT2D eigenvalue weighted by Gasteiger charge is -2.09. The first-order valence-electron chi connectivity index (χ1n) is 8.34. The number of ether oxygens (including phenoxy) is 2. The number of hydrazine groups is 1. The van der Waals surface area contributed by atoms with Gasteiger partial charge in [0.25, 0.3) is 0 Å². The van der Waals surface area contributed by atoms with Crippen molar-refractivity contribution in [3.63, 3.8) is 0 Å². The van der Waals surface area contributed by atoms with Gasteiger partial charge in [-0.15, -0.1) is 0 Å². The first-order valence-corrected chi connectivity index (χ1v) is 8.34. The molecule has 136 valence electrons. The fourth-order valence-corrected chi connectivity index (χ4v) is 1.95. The SMILES string of the molecule is CCOc1ccc(OCCCC(=O)NNC(=O)C(=O)NC2CC2)cc1. The minimum absolute atomic E-state index is 0.0914. The first kappa shape index (κ1) is 18.6. The minimum Gasteiger partial charge on any atom is -0.494 e. The Hall–Kier alpha value is -2.77. The highest BCUT2D eigenvalue weighted by Gasteiger charge is 2.26. The van der Waals surface area contributed by atoms with Crippen molar-refractivity contribution >= 4 is 17.7 Å². The molecule has 2 rings (SSSR count). The van der Waals surface area contributed by atoms with Crippen molar-refractivity contribution in [2.75, 3.05) is 13.2 Å². The Morgan fingerprint density at radius 2 is 1.64 bits per heavy atom. The minimum atomic E-state index is -0.870. The third kappa shape index (κ3) is 7.11. The Morgan fingerprint density at radius 3 is 2.24 bits per heavy atom. The summed E-state index contributed by atoms with van der Waals surface area (Å²) < 4.78 is 10.9. The van der Waals surface area contributed by atoms with E-state index in [0.29, 0.717) is 25.4 Å². The molecular formula is C17H23N3O5. The molecule has 0 radical (unpaired) electrons. The van der Waals surface area contributed by atoms with Crippen LogP contribution >= 0.6 is 0 Å². The van der Waals surface area contributed by atoms with E-state index in [2.05, 4.69) is 16.2 Å². The van der Waals surface area contributed by atoms with Crippen molar-refractivity contribution in [3.05, 3.63) is 24.3 Å². The second-order valence-electron chi connectivity index (χ2n) is 5.61. The quantitative estimate of drug-likeness (QED) is 0.363. The summed E-state index contributed by atoms with van der Waals surface area (Å²) in [7, 11) is 0. The number of hydrogen-bond acceptors (Lipinski definition) is 5. The highest BCUT2D eigenvalue weighted by atomic mass is 16.5. The van der Waals surface area contributed by atoms with Crippen LogP contribution in [0.4, 0.5) is 0 Å². The van der Waals surface area contributed by atoms with Gasteiger partial charge in [-0.1, -0.05) is 0 Å². The van der Waals surface area contributed by atoms with E-state index >= 15 is 0 Å². The van der Waals surface area contributed by atoms with E-state index in [9.17, 15) is 14.4 Å². The lowest BCUT2D eigenvalue weighted by molar-refractivity contribution is -0.141. The zero-order chi connectivity index (χ0) is 18.1. The highest BCUT2D eigenvalue weighted by molar-refractivity contribution is 6.35. The van der Waals surface area contributed by atoms with Gasteiger partial charge >= 0.3 is 11.8 Å². The third-order valence-corrected chi connectivity index (χ3v) is 3.39. The Kier molecular flexibility index (Phi) is 7.06. The number of hydrogen-bond donors (Lipinski definition) is 3. The van der Waals surface area contributed by atoms with E-state index in [1.54, 1.807) is 12.1 Å². The lowest BCUT2D eigenvalue weighted by Crippen LogP contribution is -2.48. The fraction of sp³-hybridized carbons (Fsp3) is 0.471. The molecule has 0 spiro atoms. The van der Waals surface area contributed by atoms with Crippen LogP contribution in [0.1, 0.15) is 32.6 Å². The van der Waals surface area contributed by atoms with Gasteiger partial charge in [0.15, 0.2) is 0 Å². The summed E-state index contributed by atoms with van der Waals surface area (Å²) in [5.74, 6) is -0.528. The van der Waals surface area contributed by atoms with Crippen LogP contribution in [0.3, 0.4) is 0 Å². The molecule has 1 aromatic carbocycles. The Balaban J connectivity index is 1.55. The molecule has 1 aliphatic carbocycles. The van der Waals surface area contributed by atoms with Crippen LogP contribution < -0.4 is 25.6 Å². The van der Waals surface area contributed by atoms with Crippen LogP contribution in [0.15, 0.2) is 24.3 Å². The molecule has 3 amide bonds. The third-order valence-electron chi connectivity index (χ3n) is 3.39. The molecule has 8 nitrogen and oxygen atoms in total. The van der Waals surface area contributed by atoms with Crippen molar-refractivity contribution in [2.45, 2.75) is 38.6 Å². The Labute approximate surface area is 146 Å². The number of nitrogens with one attached hydrogen (secondary N) is 3. The van der Waals surface area contributed by atoms with Crippen LogP contribution in [-0.2, 0) is 14.4 Å². The summed E-state index contributed by atoms with van der Waals surface area (Å²) in [6.07, 6.45) is 2.42. The average molecular weight is 349 g/mol. The summed E-state index contributed by atoms with van der Waals surface area (Å²) in [6, 6.07) is 7.31. The van der Waals surface area contributed by atoms with Gasteiger partial charge in [0, 0.05) is 12.5 Å². The molecule has 0 heterocycles. The Bertz CT molecular complexity index is 599. The molecular weight excluding hydrogens is 326 g/mol. The van der Waals surface area contributed by atoms with Gasteiger partial charge in [-0.2, -0.15) is 0 Å². The van der Waals surface area contributed by atoms with Crippen molar-refractivity contribution in [1.82, 2.24) is 16.2 Å². The summed E-state index contributed by atoms with van der Waals surface area (Å²) in [5, 5.41) is 2.53. The molecule has 0 aliphatic heterocycles. The number of carbonyl (C=O) groups is 3. The molecule has 0 bridgehead atoms. The molecule has 1 aliphatic rings. The number of carbonyl (C=O) groups excluding carboxylic acids is 3. The zero-order valence-electron chi connectivity index (χ0n) is 14.2. The molecule has 0 aromatic heterocycles. The van der Waals surface area contributed by atoms with Gasteiger partial charge in [0.05, 0.1) is 13.2 Å². The lowest BCUT2D eigenvalue weighted by atomic mass is 10.3. The van der Waals surface area contributed by atoms with Crippen LogP contribution in [0.5, 0.6) is 11.5 Å². The second-order valence-corrected chi connectivity index (χ2v) is 5.61. The van der Waals surface area contributed by atoms with E-state index in [1.165, 1.54) is 0 Å². The van der Waals surface area contributed by atoms with Gasteiger partial charge in [-0.3, -0.25) is 25.2 Å². The molecule has 0 atom stereocenters. The first-order chi connectivity index (χ1) is 12.1. The van der Waals surface area contributed by atoms with Crippen molar-refractivity contribution in [3.8, 4) is 11.5 Å². The molecule has 3 N–H and O–H groups in total. The molecule has 1 fully saturated rings. The van der Waals surface area contributed by atoms with Crippen LogP contribution in [0, 0.1) is 0 Å². The predicted molar refractivity (Wildman–Crippen MR) is 89.8 cm³/mol. The predicted octanol–water partition coefficient (Wildman–Crippen LogP) is 0.670. The zero-order valence-corrected chi connectivity index (χ0v) is 14.2. The number of amides is 3. The van der Waals surface area contributed by atoms with E-state index in [1.807, 2.05) is 19.1 Å². The van der Waals surface area contributed by atoms with E-state index in [-0.39, 0.29) is 18.4 Å². The molecule has 25 heavy (non-hydrogen) atoms. The van der Waals surface area contributed by atoms with Crippen molar-refractivity contribution in [2.24, 2.45) is 0 Å². The van der Waals surface area contributed by atoms with Crippen LogP contribution in [-0.4, -0.2) is 37.0 Å². The van der Waals surface area contributed by atoms with Crippen LogP contribution in [0.25, 0.3) is 0 Å². The summed E-state index contributed by atoms with van der Waals surface area (Å²) in [4.78, 5) is 34.4. The monoisotopic (exact) mass is 349 g/mol. The smallest absolute Gasteiger partial charge is 0.327 e. The van der Waals surface area contributed by atoms with Gasteiger partial charge in [-0.25, -0.2) is 0 Å². The average Bonchev–Trinajstić information content (AvgIpc) is 3.42. The van der Waals surface area contributed by atoms with Crippen molar-refractivity contribution < 1.29 is 23.9 Å². The summed E-state index contributed by atoms with van der Waals surface area (Å²) in [5.41, 5.74) is 4.29. The largest absolute Gasteiger partial charge is 0.494 e. The second kappa shape index (κ2) is 9.51. The maximum Gasteiger partial charge on any atom is 0.327 e. The normalized spacial score (nSPS) is 12.8. The topological polar surface area (TPSA) is 106 Å². The standard InChI is InChI=1S/C17H23N3O5/c1-2-24-13-7-9-14(10-8-13)25-11-3-4-15(21)19-20-17(23)16(22)18-12-5-6-12/h7-10,12H,2-6,11H2,1H3,(H,18,22)(H,19,21)(H,20,23). The fourth-order valence-electron chi connectivity index (χ4n) is 1.95. The number of benzene rings is 1. The van der Waals surface area contributed by atoms with E-state index < -0.39 is 11.8 Å². The molecule has 8 heteroatoms. The summed E-state index contributed by atoms with van der Waals surface area (Å²) in [6.45, 7) is 2.88. The molecule has 1 saturated carbocycles. The molecule has 1 aromatic rings. The van der Waals surface area contributed by atoms with E-state index in [0.717, 1.165) is 18.6 Å². The van der Waals surface area contributed by atoms with E-state index in [4.69, 9.17) is 9.47 Å². The van der Waals surface area contributed by atoms with Gasteiger partial charge in [0.2, 0.25) is 5.91 Å². The van der Waals surface area contributed by atoms with Gasteiger partial charge in [0.1, 0.15) is 11.5 Å². The number of rotatable bonds is 8. The van der Waals surface area contributed by atoms with Crippen molar-refractivity contribution in [1.29, 1.82) is 0 Å². The molecule has 0 saturated heterocycles. The highest BCUT2D eigenvalue weighted by Crippen LogP contribution is 2.18. The maximum atomic E-state index is 11.6. The van der Waals surface area contributed by atoms with Gasteiger partial charge < -0.3 is 14.8 Å². The maximum absolute atomic E-state index is 11.6. The Morgan fingerprint density at radius 1 is 1.00 bits per heavy atom.